The second-order valence-electron chi connectivity index (χ2n) is 5.15. The molecule has 3 rings (SSSR count). The molecular formula is C19H23NO2S2. The Hall–Kier alpha value is -1.56. The van der Waals surface area contributed by atoms with E-state index >= 15 is 0 Å². The Morgan fingerprint density at radius 1 is 0.667 bits per heavy atom. The molecule has 5 heteroatoms. The second-order valence-corrected chi connectivity index (χ2v) is 5.97. The van der Waals surface area contributed by atoms with Crippen LogP contribution in [-0.4, -0.2) is 23.3 Å². The molecule has 0 saturated carbocycles. The summed E-state index contributed by atoms with van der Waals surface area (Å²) in [4.78, 5) is 21.0. The fourth-order valence-electron chi connectivity index (χ4n) is 1.96. The summed E-state index contributed by atoms with van der Waals surface area (Å²) in [5.74, 6) is 0. The molecule has 2 aromatic carbocycles. The highest BCUT2D eigenvalue weighted by atomic mass is 32.1. The SMILES string of the molecule is C1CCNCC1.O=C(S)c1ccccc1.O=C(S)c1ccccc1. The Labute approximate surface area is 154 Å². The van der Waals surface area contributed by atoms with E-state index in [2.05, 4.69) is 30.6 Å². The van der Waals surface area contributed by atoms with Crippen LogP contribution in [-0.2, 0) is 0 Å². The average Bonchev–Trinajstić information content (AvgIpc) is 2.65. The van der Waals surface area contributed by atoms with Crippen LogP contribution in [0.15, 0.2) is 60.7 Å². The number of carbonyl (C=O) groups excluding carboxylic acids is 2. The minimum Gasteiger partial charge on any atom is -0.317 e. The number of piperidine rings is 1. The lowest BCUT2D eigenvalue weighted by atomic mass is 10.2. The lowest BCUT2D eigenvalue weighted by Crippen LogP contribution is -2.21. The molecule has 1 saturated heterocycles. The van der Waals surface area contributed by atoms with Crippen LogP contribution in [0.3, 0.4) is 0 Å². The van der Waals surface area contributed by atoms with Crippen LogP contribution in [0.4, 0.5) is 0 Å². The minimum atomic E-state index is -0.185. The topological polar surface area (TPSA) is 46.2 Å². The summed E-state index contributed by atoms with van der Waals surface area (Å²) in [6.45, 7) is 2.50. The van der Waals surface area contributed by atoms with Crippen LogP contribution in [0.25, 0.3) is 0 Å². The van der Waals surface area contributed by atoms with Crippen molar-refractivity contribution in [2.24, 2.45) is 0 Å². The van der Waals surface area contributed by atoms with Gasteiger partial charge in [0, 0.05) is 11.1 Å². The van der Waals surface area contributed by atoms with Gasteiger partial charge in [0.05, 0.1) is 0 Å². The molecule has 1 aliphatic rings. The Balaban J connectivity index is 0.000000184. The zero-order valence-corrected chi connectivity index (χ0v) is 15.3. The molecule has 0 amide bonds. The average molecular weight is 362 g/mol. The molecule has 0 atom stereocenters. The van der Waals surface area contributed by atoms with E-state index in [1.165, 1.54) is 32.4 Å². The van der Waals surface area contributed by atoms with Gasteiger partial charge >= 0.3 is 0 Å². The Morgan fingerprint density at radius 3 is 1.21 bits per heavy atom. The highest BCUT2D eigenvalue weighted by Gasteiger charge is 1.95. The molecule has 0 bridgehead atoms. The fourth-order valence-corrected chi connectivity index (χ4v) is 2.26. The second kappa shape index (κ2) is 12.8. The summed E-state index contributed by atoms with van der Waals surface area (Å²) >= 11 is 7.30. The highest BCUT2D eigenvalue weighted by molar-refractivity contribution is 7.97. The maximum Gasteiger partial charge on any atom is 0.216 e. The van der Waals surface area contributed by atoms with E-state index in [0.29, 0.717) is 11.1 Å². The van der Waals surface area contributed by atoms with Gasteiger partial charge in [0.15, 0.2) is 0 Å². The van der Waals surface area contributed by atoms with Gasteiger partial charge in [-0.05, 0) is 25.9 Å². The number of carbonyl (C=O) groups is 2. The van der Waals surface area contributed by atoms with E-state index < -0.39 is 0 Å². The normalized spacial score (nSPS) is 12.8. The van der Waals surface area contributed by atoms with Crippen LogP contribution in [0.1, 0.15) is 40.0 Å². The van der Waals surface area contributed by atoms with E-state index in [-0.39, 0.29) is 10.2 Å². The van der Waals surface area contributed by atoms with Crippen molar-refractivity contribution in [3.63, 3.8) is 0 Å². The van der Waals surface area contributed by atoms with Gasteiger partial charge in [-0.15, -0.1) is 25.3 Å². The third-order valence-corrected chi connectivity index (χ3v) is 3.76. The molecule has 128 valence electrons. The molecule has 2 aromatic rings. The van der Waals surface area contributed by atoms with Crippen molar-refractivity contribution in [3.05, 3.63) is 71.8 Å². The van der Waals surface area contributed by atoms with Gasteiger partial charge in [0.1, 0.15) is 0 Å². The molecule has 24 heavy (non-hydrogen) atoms. The van der Waals surface area contributed by atoms with Gasteiger partial charge in [-0.3, -0.25) is 9.59 Å². The molecule has 3 nitrogen and oxygen atoms in total. The summed E-state index contributed by atoms with van der Waals surface area (Å²) in [6.07, 6.45) is 4.22. The standard InChI is InChI=1S/2C7H6OS.C5H11N/c2*8-7(9)6-4-2-1-3-5-6;1-2-4-6-5-3-1/h2*1-5H,(H,8,9);6H,1-5H2. The van der Waals surface area contributed by atoms with Crippen molar-refractivity contribution in [3.8, 4) is 0 Å². The zero-order chi connectivity index (χ0) is 17.6. The van der Waals surface area contributed by atoms with Crippen LogP contribution in [0, 0.1) is 0 Å². The van der Waals surface area contributed by atoms with Gasteiger partial charge in [0.25, 0.3) is 0 Å². The number of benzene rings is 2. The summed E-state index contributed by atoms with van der Waals surface area (Å²) in [7, 11) is 0. The number of thiol groups is 2. The predicted molar refractivity (Wildman–Crippen MR) is 106 cm³/mol. The molecule has 1 fully saturated rings. The van der Waals surface area contributed by atoms with Crippen molar-refractivity contribution in [2.75, 3.05) is 13.1 Å². The molecule has 0 aliphatic carbocycles. The van der Waals surface area contributed by atoms with Crippen LogP contribution < -0.4 is 5.32 Å². The van der Waals surface area contributed by atoms with Gasteiger partial charge in [0.2, 0.25) is 10.2 Å². The monoisotopic (exact) mass is 361 g/mol. The predicted octanol–water partition coefficient (Wildman–Crippen LogP) is 4.27. The zero-order valence-electron chi connectivity index (χ0n) is 13.5. The van der Waals surface area contributed by atoms with Crippen LogP contribution in [0.5, 0.6) is 0 Å². The van der Waals surface area contributed by atoms with E-state index in [0.717, 1.165) is 0 Å². The van der Waals surface area contributed by atoms with Crippen molar-refractivity contribution >= 4 is 35.5 Å². The van der Waals surface area contributed by atoms with Crippen molar-refractivity contribution < 1.29 is 9.59 Å². The first-order chi connectivity index (χ1) is 11.6. The van der Waals surface area contributed by atoms with E-state index in [9.17, 15) is 9.59 Å². The molecule has 0 aromatic heterocycles. The summed E-state index contributed by atoms with van der Waals surface area (Å²) in [6, 6.07) is 17.9. The maximum absolute atomic E-state index is 10.5. The third kappa shape index (κ3) is 9.55. The van der Waals surface area contributed by atoms with E-state index in [1.807, 2.05) is 36.4 Å². The first kappa shape index (κ1) is 20.5. The van der Waals surface area contributed by atoms with E-state index in [1.54, 1.807) is 24.3 Å². The molecule has 0 spiro atoms. The lowest BCUT2D eigenvalue weighted by molar-refractivity contribution is 0.108. The maximum atomic E-state index is 10.5. The van der Waals surface area contributed by atoms with Crippen LogP contribution in [0.2, 0.25) is 0 Å². The molecule has 0 unspecified atom stereocenters. The van der Waals surface area contributed by atoms with Gasteiger partial charge < -0.3 is 5.32 Å². The number of hydrogen-bond donors (Lipinski definition) is 3. The summed E-state index contributed by atoms with van der Waals surface area (Å²) in [5.41, 5.74) is 1.28. The van der Waals surface area contributed by atoms with Crippen molar-refractivity contribution in [1.29, 1.82) is 0 Å². The van der Waals surface area contributed by atoms with E-state index in [4.69, 9.17) is 0 Å². The van der Waals surface area contributed by atoms with Gasteiger partial charge in [-0.25, -0.2) is 0 Å². The van der Waals surface area contributed by atoms with Crippen molar-refractivity contribution in [1.82, 2.24) is 5.32 Å². The molecule has 1 heterocycles. The Morgan fingerprint density at radius 2 is 1.04 bits per heavy atom. The van der Waals surface area contributed by atoms with Crippen LogP contribution >= 0.6 is 25.3 Å². The van der Waals surface area contributed by atoms with Gasteiger partial charge in [-0.1, -0.05) is 67.1 Å². The third-order valence-electron chi connectivity index (χ3n) is 3.25. The lowest BCUT2D eigenvalue weighted by Gasteiger charge is -2.08. The van der Waals surface area contributed by atoms with Gasteiger partial charge in [-0.2, -0.15) is 0 Å². The Kier molecular flexibility index (Phi) is 10.9. The minimum absolute atomic E-state index is 0.185. The largest absolute Gasteiger partial charge is 0.317 e. The first-order valence-electron chi connectivity index (χ1n) is 7.88. The number of hydrogen-bond acceptors (Lipinski definition) is 3. The quantitative estimate of drug-likeness (QED) is 0.700. The molecule has 1 N–H and O–H groups in total. The number of nitrogens with one attached hydrogen (secondary N) is 1. The molecular weight excluding hydrogens is 338 g/mol. The number of rotatable bonds is 2. The smallest absolute Gasteiger partial charge is 0.216 e. The summed E-state index contributed by atoms with van der Waals surface area (Å²) in [5, 5.41) is 2.92. The molecule has 1 aliphatic heterocycles. The fraction of sp³-hybridized carbons (Fsp3) is 0.263. The van der Waals surface area contributed by atoms with Crippen molar-refractivity contribution in [2.45, 2.75) is 19.3 Å². The highest BCUT2D eigenvalue weighted by Crippen LogP contribution is 2.01. The molecule has 0 radical (unpaired) electrons. The summed E-state index contributed by atoms with van der Waals surface area (Å²) < 4.78 is 0. The first-order valence-corrected chi connectivity index (χ1v) is 8.78. The Bertz CT molecular complexity index is 538.